The molecule has 1 heterocycles. The number of nitrogens with two attached hydrogens (primary N) is 1. The van der Waals surface area contributed by atoms with Crippen LogP contribution in [0.1, 0.15) is 23.2 Å². The minimum absolute atomic E-state index is 0.103. The van der Waals surface area contributed by atoms with E-state index in [1.807, 2.05) is 6.07 Å². The van der Waals surface area contributed by atoms with E-state index >= 15 is 0 Å². The molecule has 2 aromatic rings. The van der Waals surface area contributed by atoms with Gasteiger partial charge in [0.15, 0.2) is 5.75 Å². The standard InChI is InChI=1S/C18H16N2O5/c1-24-18(23)11-9-13(19)17(25-12-5-3-2-4-6-12)14(10-11)20-15(21)7-8-16(20)22/h2-6,9-10H,7-8,19H2,1H3. The number of anilines is 2. The molecule has 1 aliphatic heterocycles. The summed E-state index contributed by atoms with van der Waals surface area (Å²) < 4.78 is 10.5. The molecule has 2 N–H and O–H groups in total. The highest BCUT2D eigenvalue weighted by Gasteiger charge is 2.34. The second kappa shape index (κ2) is 6.64. The van der Waals surface area contributed by atoms with Crippen molar-refractivity contribution in [3.8, 4) is 11.5 Å². The van der Waals surface area contributed by atoms with Crippen LogP contribution in [-0.4, -0.2) is 24.9 Å². The molecule has 1 saturated heterocycles. The van der Waals surface area contributed by atoms with Crippen LogP contribution in [0.3, 0.4) is 0 Å². The van der Waals surface area contributed by atoms with Gasteiger partial charge in [0.2, 0.25) is 11.8 Å². The third kappa shape index (κ3) is 3.16. The zero-order valence-corrected chi connectivity index (χ0v) is 13.5. The molecule has 0 unspecified atom stereocenters. The average molecular weight is 340 g/mol. The third-order valence-electron chi connectivity index (χ3n) is 3.77. The number of rotatable bonds is 4. The van der Waals surface area contributed by atoms with Crippen molar-refractivity contribution in [2.24, 2.45) is 0 Å². The molecule has 7 heteroatoms. The molecule has 128 valence electrons. The van der Waals surface area contributed by atoms with Gasteiger partial charge in [0.05, 0.1) is 24.0 Å². The fourth-order valence-electron chi connectivity index (χ4n) is 2.60. The van der Waals surface area contributed by atoms with Crippen LogP contribution in [0.5, 0.6) is 11.5 Å². The summed E-state index contributed by atoms with van der Waals surface area (Å²) in [6.07, 6.45) is 0.206. The van der Waals surface area contributed by atoms with Crippen LogP contribution in [0.15, 0.2) is 42.5 Å². The Hall–Kier alpha value is -3.35. The lowest BCUT2D eigenvalue weighted by Gasteiger charge is -2.20. The Morgan fingerprint density at radius 3 is 2.32 bits per heavy atom. The van der Waals surface area contributed by atoms with Gasteiger partial charge < -0.3 is 15.2 Å². The third-order valence-corrected chi connectivity index (χ3v) is 3.77. The van der Waals surface area contributed by atoms with Crippen molar-refractivity contribution in [2.45, 2.75) is 12.8 Å². The van der Waals surface area contributed by atoms with Crippen LogP contribution >= 0.6 is 0 Å². The highest BCUT2D eigenvalue weighted by Crippen LogP contribution is 2.40. The van der Waals surface area contributed by atoms with Crippen LogP contribution in [0.25, 0.3) is 0 Å². The second-order valence-corrected chi connectivity index (χ2v) is 5.44. The summed E-state index contributed by atoms with van der Waals surface area (Å²) in [6, 6.07) is 11.6. The summed E-state index contributed by atoms with van der Waals surface area (Å²) in [5.41, 5.74) is 6.42. The summed E-state index contributed by atoms with van der Waals surface area (Å²) in [5.74, 6) is -0.741. The minimum Gasteiger partial charge on any atom is -0.465 e. The summed E-state index contributed by atoms with van der Waals surface area (Å²) in [6.45, 7) is 0. The lowest BCUT2D eigenvalue weighted by Crippen LogP contribution is -2.29. The van der Waals surface area contributed by atoms with E-state index in [0.29, 0.717) is 5.75 Å². The van der Waals surface area contributed by atoms with Crippen LogP contribution in [-0.2, 0) is 14.3 Å². The molecule has 0 aliphatic carbocycles. The smallest absolute Gasteiger partial charge is 0.338 e. The number of esters is 1. The first-order chi connectivity index (χ1) is 12.0. The van der Waals surface area contributed by atoms with Crippen LogP contribution in [0.4, 0.5) is 11.4 Å². The van der Waals surface area contributed by atoms with Gasteiger partial charge in [-0.1, -0.05) is 18.2 Å². The van der Waals surface area contributed by atoms with E-state index in [1.54, 1.807) is 24.3 Å². The van der Waals surface area contributed by atoms with E-state index in [0.717, 1.165) is 4.90 Å². The molecular weight excluding hydrogens is 324 g/mol. The number of amides is 2. The number of para-hydroxylation sites is 1. The first-order valence-corrected chi connectivity index (χ1v) is 7.61. The Morgan fingerprint density at radius 1 is 1.08 bits per heavy atom. The highest BCUT2D eigenvalue weighted by atomic mass is 16.5. The zero-order chi connectivity index (χ0) is 18.0. The van der Waals surface area contributed by atoms with E-state index in [4.69, 9.17) is 15.2 Å². The van der Waals surface area contributed by atoms with E-state index < -0.39 is 5.97 Å². The van der Waals surface area contributed by atoms with Crippen LogP contribution < -0.4 is 15.4 Å². The topological polar surface area (TPSA) is 98.9 Å². The molecule has 7 nitrogen and oxygen atoms in total. The molecular formula is C18H16N2O5. The number of nitrogens with zero attached hydrogens (tertiary/aromatic N) is 1. The Bertz CT molecular complexity index is 832. The average Bonchev–Trinajstić information content (AvgIpc) is 2.95. The van der Waals surface area contributed by atoms with Gasteiger partial charge in [-0.2, -0.15) is 0 Å². The predicted octanol–water partition coefficient (Wildman–Crippen LogP) is 2.50. The molecule has 2 aromatic carbocycles. The molecule has 0 spiro atoms. The number of ether oxygens (including phenoxy) is 2. The first-order valence-electron chi connectivity index (χ1n) is 7.61. The Kier molecular flexibility index (Phi) is 4.38. The molecule has 1 fully saturated rings. The SMILES string of the molecule is COC(=O)c1cc(N)c(Oc2ccccc2)c(N2C(=O)CCC2=O)c1. The van der Waals surface area contributed by atoms with Gasteiger partial charge in [0.25, 0.3) is 0 Å². The molecule has 0 saturated carbocycles. The largest absolute Gasteiger partial charge is 0.465 e. The van der Waals surface area contributed by atoms with Crippen LogP contribution in [0, 0.1) is 0 Å². The maximum absolute atomic E-state index is 12.1. The van der Waals surface area contributed by atoms with Crippen molar-refractivity contribution in [1.29, 1.82) is 0 Å². The van der Waals surface area contributed by atoms with Gasteiger partial charge >= 0.3 is 5.97 Å². The van der Waals surface area contributed by atoms with Crippen LogP contribution in [0.2, 0.25) is 0 Å². The molecule has 25 heavy (non-hydrogen) atoms. The quantitative estimate of drug-likeness (QED) is 0.521. The number of benzene rings is 2. The molecule has 2 amide bonds. The lowest BCUT2D eigenvalue weighted by atomic mass is 10.1. The van der Waals surface area contributed by atoms with Gasteiger partial charge in [0, 0.05) is 12.8 Å². The molecule has 3 rings (SSSR count). The van der Waals surface area contributed by atoms with Crippen molar-refractivity contribution >= 4 is 29.2 Å². The van der Waals surface area contributed by atoms with Gasteiger partial charge in [-0.25, -0.2) is 9.69 Å². The number of hydrogen-bond donors (Lipinski definition) is 1. The summed E-state index contributed by atoms with van der Waals surface area (Å²) >= 11 is 0. The van der Waals surface area contributed by atoms with Gasteiger partial charge in [-0.3, -0.25) is 9.59 Å². The zero-order valence-electron chi connectivity index (χ0n) is 13.5. The van der Waals surface area contributed by atoms with Crippen molar-refractivity contribution < 1.29 is 23.9 Å². The fraction of sp³-hybridized carbons (Fsp3) is 0.167. The number of carbonyl (C=O) groups is 3. The number of hydrogen-bond acceptors (Lipinski definition) is 6. The Morgan fingerprint density at radius 2 is 1.72 bits per heavy atom. The normalized spacial score (nSPS) is 13.9. The van der Waals surface area contributed by atoms with E-state index in [2.05, 4.69) is 0 Å². The van der Waals surface area contributed by atoms with E-state index in [1.165, 1.54) is 19.2 Å². The number of carbonyl (C=O) groups excluding carboxylic acids is 3. The van der Waals surface area contributed by atoms with Gasteiger partial charge in [-0.15, -0.1) is 0 Å². The monoisotopic (exact) mass is 340 g/mol. The Balaban J connectivity index is 2.13. The van der Waals surface area contributed by atoms with E-state index in [9.17, 15) is 14.4 Å². The number of methoxy groups -OCH3 is 1. The van der Waals surface area contributed by atoms with Gasteiger partial charge in [-0.05, 0) is 24.3 Å². The fourth-order valence-corrected chi connectivity index (χ4v) is 2.60. The Labute approximate surface area is 143 Å². The summed E-state index contributed by atoms with van der Waals surface area (Å²) in [7, 11) is 1.23. The summed E-state index contributed by atoms with van der Waals surface area (Å²) in [4.78, 5) is 37.1. The molecule has 0 atom stereocenters. The maximum atomic E-state index is 12.1. The minimum atomic E-state index is -0.627. The first kappa shape index (κ1) is 16.5. The predicted molar refractivity (Wildman–Crippen MR) is 90.4 cm³/mol. The molecule has 1 aliphatic rings. The lowest BCUT2D eigenvalue weighted by molar-refractivity contribution is -0.121. The van der Waals surface area contributed by atoms with Crippen molar-refractivity contribution in [3.63, 3.8) is 0 Å². The molecule has 0 aromatic heterocycles. The van der Waals surface area contributed by atoms with Crippen molar-refractivity contribution in [1.82, 2.24) is 0 Å². The number of nitrogen functional groups attached to an aromatic ring is 1. The molecule has 0 radical (unpaired) electrons. The van der Waals surface area contributed by atoms with Crippen molar-refractivity contribution in [3.05, 3.63) is 48.0 Å². The maximum Gasteiger partial charge on any atom is 0.338 e. The molecule has 0 bridgehead atoms. The van der Waals surface area contributed by atoms with Crippen molar-refractivity contribution in [2.75, 3.05) is 17.7 Å². The highest BCUT2D eigenvalue weighted by molar-refractivity contribution is 6.21. The number of imide groups is 1. The van der Waals surface area contributed by atoms with Gasteiger partial charge in [0.1, 0.15) is 5.75 Å². The summed E-state index contributed by atoms with van der Waals surface area (Å²) in [5, 5.41) is 0. The second-order valence-electron chi connectivity index (χ2n) is 5.44. The van der Waals surface area contributed by atoms with E-state index in [-0.39, 0.29) is 47.3 Å².